The van der Waals surface area contributed by atoms with Gasteiger partial charge in [0.1, 0.15) is 11.5 Å². The molecule has 7 heteroatoms. The lowest BCUT2D eigenvalue weighted by Gasteiger charge is -2.25. The van der Waals surface area contributed by atoms with Crippen molar-refractivity contribution in [2.24, 2.45) is 0 Å². The standard InChI is InChI=1S/C27H24FN3O3/c1-3-30(17-19-7-5-4-6-8-19)25-24(20-9-11-21(28)12-10-20)26(33)31(27(25)34)23-15-13-22(14-16-23)29-18(2)32/h4-16H,3,17H2,1-2H3,(H,29,32). The number of amides is 3. The molecule has 0 aromatic heterocycles. The van der Waals surface area contributed by atoms with Gasteiger partial charge in [-0.2, -0.15) is 0 Å². The average molecular weight is 458 g/mol. The first-order chi connectivity index (χ1) is 16.4. The summed E-state index contributed by atoms with van der Waals surface area (Å²) >= 11 is 0. The lowest BCUT2D eigenvalue weighted by atomic mass is 10.0. The van der Waals surface area contributed by atoms with Crippen LogP contribution in [0.1, 0.15) is 25.0 Å². The third-order valence-corrected chi connectivity index (χ3v) is 5.55. The number of nitrogens with one attached hydrogen (secondary N) is 1. The molecule has 4 rings (SSSR count). The summed E-state index contributed by atoms with van der Waals surface area (Å²) in [5.74, 6) is -1.58. The summed E-state index contributed by atoms with van der Waals surface area (Å²) in [6.07, 6.45) is 0. The highest BCUT2D eigenvalue weighted by Gasteiger charge is 2.42. The minimum absolute atomic E-state index is 0.219. The summed E-state index contributed by atoms with van der Waals surface area (Å²) in [7, 11) is 0. The maximum atomic E-state index is 13.7. The van der Waals surface area contributed by atoms with Crippen LogP contribution in [-0.2, 0) is 20.9 Å². The lowest BCUT2D eigenvalue weighted by Crippen LogP contribution is -2.35. The number of hydrogen-bond donors (Lipinski definition) is 1. The highest BCUT2D eigenvalue weighted by molar-refractivity contribution is 6.45. The Labute approximate surface area is 197 Å². The number of carbonyl (C=O) groups excluding carboxylic acids is 3. The Balaban J connectivity index is 1.77. The number of carbonyl (C=O) groups is 3. The van der Waals surface area contributed by atoms with E-state index in [0.717, 1.165) is 10.5 Å². The molecule has 0 saturated heterocycles. The van der Waals surface area contributed by atoms with E-state index in [1.54, 1.807) is 24.3 Å². The van der Waals surface area contributed by atoms with Crippen molar-refractivity contribution in [1.29, 1.82) is 0 Å². The van der Waals surface area contributed by atoms with E-state index in [4.69, 9.17) is 0 Å². The summed E-state index contributed by atoms with van der Waals surface area (Å²) in [6, 6.07) is 21.7. The molecule has 0 fully saturated rings. The van der Waals surface area contributed by atoms with Crippen LogP contribution in [0.15, 0.2) is 84.6 Å². The Hall–Kier alpha value is -4.26. The van der Waals surface area contributed by atoms with Gasteiger partial charge in [-0.05, 0) is 54.4 Å². The lowest BCUT2D eigenvalue weighted by molar-refractivity contribution is -0.121. The quantitative estimate of drug-likeness (QED) is 0.527. The van der Waals surface area contributed by atoms with Crippen LogP contribution in [0.2, 0.25) is 0 Å². The molecule has 1 N–H and O–H groups in total. The predicted octanol–water partition coefficient (Wildman–Crippen LogP) is 4.59. The number of halogens is 1. The molecule has 34 heavy (non-hydrogen) atoms. The number of likely N-dealkylation sites (N-methyl/N-ethyl adjacent to an activating group) is 1. The molecule has 0 spiro atoms. The number of anilines is 2. The van der Waals surface area contributed by atoms with Gasteiger partial charge in [0, 0.05) is 25.7 Å². The fourth-order valence-electron chi connectivity index (χ4n) is 3.97. The second-order valence-electron chi connectivity index (χ2n) is 7.90. The Bertz CT molecular complexity index is 1250. The van der Waals surface area contributed by atoms with E-state index in [2.05, 4.69) is 5.32 Å². The van der Waals surface area contributed by atoms with Crippen molar-refractivity contribution in [3.63, 3.8) is 0 Å². The topological polar surface area (TPSA) is 69.7 Å². The van der Waals surface area contributed by atoms with Crippen molar-refractivity contribution < 1.29 is 18.8 Å². The van der Waals surface area contributed by atoms with Crippen LogP contribution >= 0.6 is 0 Å². The number of nitrogens with zero attached hydrogens (tertiary/aromatic N) is 2. The summed E-state index contributed by atoms with van der Waals surface area (Å²) in [4.78, 5) is 41.6. The van der Waals surface area contributed by atoms with Crippen LogP contribution in [0.5, 0.6) is 0 Å². The molecule has 0 bridgehead atoms. The van der Waals surface area contributed by atoms with Crippen molar-refractivity contribution >= 4 is 34.7 Å². The van der Waals surface area contributed by atoms with E-state index in [9.17, 15) is 18.8 Å². The zero-order chi connectivity index (χ0) is 24.2. The summed E-state index contributed by atoms with van der Waals surface area (Å²) < 4.78 is 13.6. The molecule has 0 saturated carbocycles. The minimum Gasteiger partial charge on any atom is -0.362 e. The van der Waals surface area contributed by atoms with E-state index in [1.165, 1.54) is 31.2 Å². The number of rotatable bonds is 7. The fourth-order valence-corrected chi connectivity index (χ4v) is 3.97. The maximum absolute atomic E-state index is 13.7. The van der Waals surface area contributed by atoms with Gasteiger partial charge in [-0.3, -0.25) is 14.4 Å². The predicted molar refractivity (Wildman–Crippen MR) is 129 cm³/mol. The largest absolute Gasteiger partial charge is 0.362 e. The first-order valence-corrected chi connectivity index (χ1v) is 10.9. The molecule has 3 amide bonds. The molecular weight excluding hydrogens is 433 g/mol. The molecule has 0 unspecified atom stereocenters. The third-order valence-electron chi connectivity index (χ3n) is 5.55. The molecule has 3 aromatic carbocycles. The first-order valence-electron chi connectivity index (χ1n) is 10.9. The molecule has 0 radical (unpaired) electrons. The Morgan fingerprint density at radius 2 is 1.56 bits per heavy atom. The van der Waals surface area contributed by atoms with Crippen molar-refractivity contribution in [3.05, 3.63) is 102 Å². The first kappa shape index (κ1) is 22.9. The maximum Gasteiger partial charge on any atom is 0.282 e. The van der Waals surface area contributed by atoms with E-state index in [0.29, 0.717) is 30.0 Å². The Morgan fingerprint density at radius 1 is 0.912 bits per heavy atom. The summed E-state index contributed by atoms with van der Waals surface area (Å²) in [5.41, 5.74) is 2.91. The molecule has 1 aliphatic heterocycles. The summed E-state index contributed by atoms with van der Waals surface area (Å²) in [5, 5.41) is 2.67. The molecular formula is C27H24FN3O3. The highest BCUT2D eigenvalue weighted by atomic mass is 19.1. The average Bonchev–Trinajstić information content (AvgIpc) is 3.09. The number of imide groups is 1. The SMILES string of the molecule is CCN(Cc1ccccc1)C1=C(c2ccc(F)cc2)C(=O)N(c2ccc(NC(C)=O)cc2)C1=O. The van der Waals surface area contributed by atoms with Gasteiger partial charge >= 0.3 is 0 Å². The van der Waals surface area contributed by atoms with Crippen LogP contribution in [0.25, 0.3) is 5.57 Å². The van der Waals surface area contributed by atoms with E-state index in [1.807, 2.05) is 42.2 Å². The fraction of sp³-hybridized carbons (Fsp3) is 0.148. The van der Waals surface area contributed by atoms with E-state index in [-0.39, 0.29) is 17.2 Å². The minimum atomic E-state index is -0.481. The van der Waals surface area contributed by atoms with E-state index < -0.39 is 17.6 Å². The monoisotopic (exact) mass is 457 g/mol. The number of benzene rings is 3. The van der Waals surface area contributed by atoms with Gasteiger partial charge < -0.3 is 10.2 Å². The molecule has 172 valence electrons. The zero-order valence-corrected chi connectivity index (χ0v) is 18.9. The van der Waals surface area contributed by atoms with Crippen molar-refractivity contribution in [3.8, 4) is 0 Å². The second-order valence-corrected chi connectivity index (χ2v) is 7.90. The van der Waals surface area contributed by atoms with Gasteiger partial charge in [-0.1, -0.05) is 42.5 Å². The molecule has 1 aliphatic rings. The van der Waals surface area contributed by atoms with Gasteiger partial charge in [0.15, 0.2) is 0 Å². The van der Waals surface area contributed by atoms with Crippen LogP contribution in [0.3, 0.4) is 0 Å². The van der Waals surface area contributed by atoms with Crippen molar-refractivity contribution in [1.82, 2.24) is 4.90 Å². The van der Waals surface area contributed by atoms with Gasteiger partial charge in [-0.25, -0.2) is 9.29 Å². The number of hydrogen-bond acceptors (Lipinski definition) is 4. The van der Waals surface area contributed by atoms with Gasteiger partial charge in [0.2, 0.25) is 5.91 Å². The van der Waals surface area contributed by atoms with Gasteiger partial charge in [-0.15, -0.1) is 0 Å². The Morgan fingerprint density at radius 3 is 2.15 bits per heavy atom. The highest BCUT2D eigenvalue weighted by Crippen LogP contribution is 2.35. The Kier molecular flexibility index (Phi) is 6.54. The van der Waals surface area contributed by atoms with Crippen molar-refractivity contribution in [2.45, 2.75) is 20.4 Å². The second kappa shape index (κ2) is 9.70. The van der Waals surface area contributed by atoms with Crippen LogP contribution in [-0.4, -0.2) is 29.2 Å². The van der Waals surface area contributed by atoms with Gasteiger partial charge in [0.05, 0.1) is 11.3 Å². The van der Waals surface area contributed by atoms with E-state index >= 15 is 0 Å². The molecule has 6 nitrogen and oxygen atoms in total. The van der Waals surface area contributed by atoms with Crippen LogP contribution in [0, 0.1) is 5.82 Å². The molecule has 0 atom stereocenters. The molecule has 3 aromatic rings. The normalized spacial score (nSPS) is 13.4. The molecule has 0 aliphatic carbocycles. The van der Waals surface area contributed by atoms with Crippen molar-refractivity contribution in [2.75, 3.05) is 16.8 Å². The van der Waals surface area contributed by atoms with Gasteiger partial charge in [0.25, 0.3) is 11.8 Å². The molecule has 1 heterocycles. The zero-order valence-electron chi connectivity index (χ0n) is 18.9. The smallest absolute Gasteiger partial charge is 0.282 e. The summed E-state index contributed by atoms with van der Waals surface area (Å²) in [6.45, 7) is 4.24. The van der Waals surface area contributed by atoms with Crippen LogP contribution < -0.4 is 10.2 Å². The third kappa shape index (κ3) is 4.59. The van der Waals surface area contributed by atoms with Crippen LogP contribution in [0.4, 0.5) is 15.8 Å².